The van der Waals surface area contributed by atoms with Crippen LogP contribution in [0, 0.1) is 41.5 Å². The number of amides is 1. The molecule has 212 valence electrons. The summed E-state index contributed by atoms with van der Waals surface area (Å²) in [7, 11) is 0. The van der Waals surface area contributed by atoms with Gasteiger partial charge in [0, 0.05) is 6.54 Å². The van der Waals surface area contributed by atoms with Crippen LogP contribution in [0.2, 0.25) is 0 Å². The smallest absolute Gasteiger partial charge is 0.261 e. The van der Waals surface area contributed by atoms with Crippen LogP contribution in [0.4, 0.5) is 0 Å². The summed E-state index contributed by atoms with van der Waals surface area (Å²) in [5.74, 6) is -0.185. The van der Waals surface area contributed by atoms with Gasteiger partial charge in [-0.05, 0) is 63.8 Å². The fraction of sp³-hybridized carbons (Fsp3) is 0.211. The van der Waals surface area contributed by atoms with Crippen LogP contribution < -0.4 is 5.32 Å². The SMILES string of the molecule is Cc1ccc(C2=C(C=O)/C(=C(\NCc3cc(C)cc(C)c3)c3ccc(C)cc3)C(=O)N2Cc2cc(C)cc(C)c2)cc1. The number of carbonyl (C=O) groups is 2. The van der Waals surface area contributed by atoms with Crippen molar-refractivity contribution in [3.63, 3.8) is 0 Å². The minimum atomic E-state index is -0.185. The van der Waals surface area contributed by atoms with E-state index in [2.05, 4.69) is 69.4 Å². The van der Waals surface area contributed by atoms with Crippen LogP contribution >= 0.6 is 0 Å². The van der Waals surface area contributed by atoms with Crippen molar-refractivity contribution in [3.05, 3.63) is 152 Å². The van der Waals surface area contributed by atoms with E-state index >= 15 is 0 Å². The summed E-state index contributed by atoms with van der Waals surface area (Å²) in [6, 6.07) is 28.9. The molecule has 1 aliphatic rings. The standard InChI is InChI=1S/C38H38N2O2/c1-24-7-11-32(12-8-24)36(39-21-30-17-26(3)15-27(4)18-30)35-34(23-41)37(33-13-9-25(2)10-14-33)40(38(35)42)22-31-19-28(5)16-29(6)20-31/h7-20,23,39H,21-22H2,1-6H3/b36-35+. The zero-order valence-corrected chi connectivity index (χ0v) is 25.3. The van der Waals surface area contributed by atoms with E-state index in [1.165, 1.54) is 11.1 Å². The summed E-state index contributed by atoms with van der Waals surface area (Å²) in [4.78, 5) is 29.3. The second-order valence-corrected chi connectivity index (χ2v) is 11.6. The Hall–Kier alpha value is -4.70. The molecule has 1 heterocycles. The molecule has 0 aliphatic carbocycles. The van der Waals surface area contributed by atoms with Gasteiger partial charge in [-0.1, -0.05) is 118 Å². The summed E-state index contributed by atoms with van der Waals surface area (Å²) in [5.41, 5.74) is 12.8. The Balaban J connectivity index is 1.70. The Morgan fingerprint density at radius 1 is 0.667 bits per heavy atom. The number of benzene rings is 4. The highest BCUT2D eigenvalue weighted by Crippen LogP contribution is 2.39. The first-order chi connectivity index (χ1) is 20.1. The van der Waals surface area contributed by atoms with Gasteiger partial charge in [0.1, 0.15) is 0 Å². The molecule has 0 fully saturated rings. The van der Waals surface area contributed by atoms with Crippen molar-refractivity contribution in [1.82, 2.24) is 10.2 Å². The molecule has 42 heavy (non-hydrogen) atoms. The lowest BCUT2D eigenvalue weighted by molar-refractivity contribution is -0.123. The van der Waals surface area contributed by atoms with Gasteiger partial charge in [-0.25, -0.2) is 0 Å². The molecule has 4 aromatic rings. The fourth-order valence-corrected chi connectivity index (χ4v) is 5.90. The van der Waals surface area contributed by atoms with Crippen LogP contribution in [-0.2, 0) is 22.7 Å². The van der Waals surface area contributed by atoms with Crippen molar-refractivity contribution in [1.29, 1.82) is 0 Å². The van der Waals surface area contributed by atoms with Gasteiger partial charge < -0.3 is 10.2 Å². The fourth-order valence-electron chi connectivity index (χ4n) is 5.90. The molecule has 0 atom stereocenters. The lowest BCUT2D eigenvalue weighted by Gasteiger charge is -2.22. The summed E-state index contributed by atoms with van der Waals surface area (Å²) in [6.45, 7) is 13.3. The molecule has 4 heteroatoms. The largest absolute Gasteiger partial charge is 0.380 e. The highest BCUT2D eigenvalue weighted by atomic mass is 16.2. The quantitative estimate of drug-likeness (QED) is 0.179. The maximum absolute atomic E-state index is 14.5. The number of aldehydes is 1. The lowest BCUT2D eigenvalue weighted by atomic mass is 9.98. The van der Waals surface area contributed by atoms with Crippen LogP contribution in [0.25, 0.3) is 11.4 Å². The molecule has 0 spiro atoms. The monoisotopic (exact) mass is 554 g/mol. The van der Waals surface area contributed by atoms with Gasteiger partial charge in [-0.15, -0.1) is 0 Å². The van der Waals surface area contributed by atoms with Crippen LogP contribution in [0.5, 0.6) is 0 Å². The molecule has 1 amide bonds. The highest BCUT2D eigenvalue weighted by Gasteiger charge is 2.38. The minimum absolute atomic E-state index is 0.185. The van der Waals surface area contributed by atoms with E-state index in [0.717, 1.165) is 50.8 Å². The lowest BCUT2D eigenvalue weighted by Crippen LogP contribution is -2.27. The summed E-state index contributed by atoms with van der Waals surface area (Å²) in [6.07, 6.45) is 0.844. The number of aryl methyl sites for hydroxylation is 6. The van der Waals surface area contributed by atoms with Gasteiger partial charge in [0.05, 0.1) is 29.1 Å². The molecular formula is C38H38N2O2. The normalized spacial score (nSPS) is 14.4. The highest BCUT2D eigenvalue weighted by molar-refractivity contribution is 6.21. The number of nitrogens with zero attached hydrogens (tertiary/aromatic N) is 1. The molecule has 5 rings (SSSR count). The molecule has 4 aromatic carbocycles. The van der Waals surface area contributed by atoms with E-state index in [4.69, 9.17) is 0 Å². The predicted octanol–water partition coefficient (Wildman–Crippen LogP) is 7.69. The van der Waals surface area contributed by atoms with E-state index in [0.29, 0.717) is 35.6 Å². The van der Waals surface area contributed by atoms with Gasteiger partial charge in [0.25, 0.3) is 5.91 Å². The molecule has 0 unspecified atom stereocenters. The van der Waals surface area contributed by atoms with Gasteiger partial charge in [0.2, 0.25) is 0 Å². The van der Waals surface area contributed by atoms with Crippen molar-refractivity contribution in [2.75, 3.05) is 0 Å². The van der Waals surface area contributed by atoms with Crippen molar-refractivity contribution in [2.45, 2.75) is 54.6 Å². The Morgan fingerprint density at radius 2 is 1.17 bits per heavy atom. The maximum atomic E-state index is 14.5. The minimum Gasteiger partial charge on any atom is -0.380 e. The van der Waals surface area contributed by atoms with Gasteiger partial charge in [0.15, 0.2) is 6.29 Å². The summed E-state index contributed by atoms with van der Waals surface area (Å²) in [5, 5.41) is 3.59. The Kier molecular flexibility index (Phi) is 8.26. The number of hydrogen-bond donors (Lipinski definition) is 1. The molecular weight excluding hydrogens is 516 g/mol. The molecule has 1 N–H and O–H groups in total. The van der Waals surface area contributed by atoms with Gasteiger partial charge in [-0.2, -0.15) is 0 Å². The first-order valence-electron chi connectivity index (χ1n) is 14.4. The Bertz CT molecular complexity index is 1680. The number of rotatable bonds is 8. The number of hydrogen-bond acceptors (Lipinski definition) is 3. The molecule has 4 nitrogen and oxygen atoms in total. The zero-order chi connectivity index (χ0) is 30.0. The van der Waals surface area contributed by atoms with Crippen molar-refractivity contribution in [3.8, 4) is 0 Å². The molecule has 0 saturated heterocycles. The van der Waals surface area contributed by atoms with Crippen molar-refractivity contribution < 1.29 is 9.59 Å². The number of nitrogens with one attached hydrogen (secondary N) is 1. The van der Waals surface area contributed by atoms with Crippen LogP contribution in [0.15, 0.2) is 96.1 Å². The van der Waals surface area contributed by atoms with Gasteiger partial charge >= 0.3 is 0 Å². The van der Waals surface area contributed by atoms with E-state index in [1.54, 1.807) is 4.90 Å². The predicted molar refractivity (Wildman–Crippen MR) is 171 cm³/mol. The average molecular weight is 555 g/mol. The van der Waals surface area contributed by atoms with Crippen molar-refractivity contribution >= 4 is 23.6 Å². The van der Waals surface area contributed by atoms with Crippen LogP contribution in [0.3, 0.4) is 0 Å². The van der Waals surface area contributed by atoms with Gasteiger partial charge in [-0.3, -0.25) is 9.59 Å². The van der Waals surface area contributed by atoms with E-state index in [9.17, 15) is 9.59 Å². The second kappa shape index (κ2) is 12.0. The maximum Gasteiger partial charge on any atom is 0.261 e. The molecule has 0 radical (unpaired) electrons. The summed E-state index contributed by atoms with van der Waals surface area (Å²) < 4.78 is 0. The third-order valence-electron chi connectivity index (χ3n) is 7.66. The second-order valence-electron chi connectivity index (χ2n) is 11.6. The summed E-state index contributed by atoms with van der Waals surface area (Å²) >= 11 is 0. The van der Waals surface area contributed by atoms with Crippen molar-refractivity contribution in [2.24, 2.45) is 0 Å². The van der Waals surface area contributed by atoms with E-state index < -0.39 is 0 Å². The topological polar surface area (TPSA) is 49.4 Å². The molecule has 1 aliphatic heterocycles. The van der Waals surface area contributed by atoms with Crippen LogP contribution in [0.1, 0.15) is 55.6 Å². The third-order valence-corrected chi connectivity index (χ3v) is 7.66. The molecule has 0 saturated carbocycles. The first kappa shape index (κ1) is 28.8. The van der Waals surface area contributed by atoms with Crippen LogP contribution in [-0.4, -0.2) is 17.1 Å². The Morgan fingerprint density at radius 3 is 1.69 bits per heavy atom. The molecule has 0 bridgehead atoms. The van der Waals surface area contributed by atoms with E-state index in [-0.39, 0.29) is 5.91 Å². The Labute approximate surface area is 249 Å². The molecule has 0 aromatic heterocycles. The zero-order valence-electron chi connectivity index (χ0n) is 25.3. The van der Waals surface area contributed by atoms with E-state index in [1.807, 2.05) is 62.4 Å². The average Bonchev–Trinajstić information content (AvgIpc) is 3.20. The third kappa shape index (κ3) is 6.13. The number of carbonyl (C=O) groups excluding carboxylic acids is 2. The first-order valence-corrected chi connectivity index (χ1v) is 14.4.